The largest absolute Gasteiger partial charge is 0.354 e. The highest BCUT2D eigenvalue weighted by Gasteiger charge is 2.18. The number of carbonyl (C=O) groups excluding carboxylic acids is 1. The molecule has 0 fully saturated rings. The lowest BCUT2D eigenvalue weighted by Crippen LogP contribution is -2.19. The highest BCUT2D eigenvalue weighted by molar-refractivity contribution is 5.97. The monoisotopic (exact) mass is 217 g/mol. The first kappa shape index (κ1) is 10.3. The number of carbonyl (C=O) groups is 1. The Bertz CT molecular complexity index is 505. The average molecular weight is 217 g/mol. The predicted octanol–water partition coefficient (Wildman–Crippen LogP) is 0.237. The number of hydrogen-bond donors (Lipinski definition) is 1. The van der Waals surface area contributed by atoms with Crippen LogP contribution in [-0.4, -0.2) is 32.9 Å². The highest BCUT2D eigenvalue weighted by atomic mass is 16.1. The molecule has 6 heteroatoms. The van der Waals surface area contributed by atoms with Crippen molar-refractivity contribution in [1.82, 2.24) is 25.3 Å². The highest BCUT2D eigenvalue weighted by Crippen LogP contribution is 2.19. The Kier molecular flexibility index (Phi) is 2.63. The Hall–Kier alpha value is -2.24. The predicted molar refractivity (Wildman–Crippen MR) is 57.6 cm³/mol. The van der Waals surface area contributed by atoms with Crippen LogP contribution in [-0.2, 0) is 7.05 Å². The molecule has 2 rings (SSSR count). The van der Waals surface area contributed by atoms with Crippen LogP contribution in [0.5, 0.6) is 0 Å². The van der Waals surface area contributed by atoms with Crippen LogP contribution in [0.25, 0.3) is 11.3 Å². The second-order valence-electron chi connectivity index (χ2n) is 3.23. The van der Waals surface area contributed by atoms with Gasteiger partial charge in [-0.2, -0.15) is 0 Å². The number of nitrogens with one attached hydrogen (secondary N) is 1. The van der Waals surface area contributed by atoms with E-state index in [1.165, 1.54) is 0 Å². The summed E-state index contributed by atoms with van der Waals surface area (Å²) in [7, 11) is 3.30. The van der Waals surface area contributed by atoms with Crippen molar-refractivity contribution in [3.05, 3.63) is 30.2 Å². The Morgan fingerprint density at radius 3 is 2.94 bits per heavy atom. The van der Waals surface area contributed by atoms with E-state index in [1.807, 2.05) is 6.07 Å². The Morgan fingerprint density at radius 2 is 2.31 bits per heavy atom. The van der Waals surface area contributed by atoms with Crippen LogP contribution in [0, 0.1) is 0 Å². The smallest absolute Gasteiger partial charge is 0.273 e. The topological polar surface area (TPSA) is 72.7 Å². The summed E-state index contributed by atoms with van der Waals surface area (Å²) in [5.74, 6) is -0.257. The van der Waals surface area contributed by atoms with Gasteiger partial charge in [0.05, 0.1) is 0 Å². The lowest BCUT2D eigenvalue weighted by molar-refractivity contribution is 0.0958. The first-order valence-electron chi connectivity index (χ1n) is 4.76. The van der Waals surface area contributed by atoms with E-state index in [9.17, 15) is 4.79 Å². The van der Waals surface area contributed by atoms with E-state index < -0.39 is 0 Å². The zero-order chi connectivity index (χ0) is 11.5. The summed E-state index contributed by atoms with van der Waals surface area (Å²) in [6.45, 7) is 0. The molecule has 0 aliphatic carbocycles. The zero-order valence-electron chi connectivity index (χ0n) is 9.01. The standard InChI is InChI=1S/C10H11N5O/c1-11-10(16)8-9(15(2)14-13-8)7-4-3-5-12-6-7/h3-6H,1-2H3,(H,11,16). The van der Waals surface area contributed by atoms with Gasteiger partial charge in [0.2, 0.25) is 0 Å². The minimum Gasteiger partial charge on any atom is -0.354 e. The molecule has 0 saturated heterocycles. The van der Waals surface area contributed by atoms with Gasteiger partial charge in [-0.3, -0.25) is 9.78 Å². The number of amides is 1. The van der Waals surface area contributed by atoms with Crippen LogP contribution in [0.4, 0.5) is 0 Å². The van der Waals surface area contributed by atoms with Crippen molar-refractivity contribution in [2.24, 2.45) is 7.05 Å². The minimum absolute atomic E-state index is 0.257. The molecule has 2 aromatic rings. The van der Waals surface area contributed by atoms with Gasteiger partial charge in [0.1, 0.15) is 5.69 Å². The molecule has 0 aliphatic heterocycles. The summed E-state index contributed by atoms with van der Waals surface area (Å²) in [6, 6.07) is 3.66. The van der Waals surface area contributed by atoms with Crippen LogP contribution < -0.4 is 5.32 Å². The molecule has 16 heavy (non-hydrogen) atoms. The third-order valence-electron chi connectivity index (χ3n) is 2.20. The maximum atomic E-state index is 11.6. The van der Waals surface area contributed by atoms with Crippen molar-refractivity contribution in [1.29, 1.82) is 0 Å². The SMILES string of the molecule is CNC(=O)c1nnn(C)c1-c1cccnc1. The van der Waals surface area contributed by atoms with E-state index in [2.05, 4.69) is 20.6 Å². The van der Waals surface area contributed by atoms with Crippen molar-refractivity contribution in [3.63, 3.8) is 0 Å². The fourth-order valence-corrected chi connectivity index (χ4v) is 1.45. The van der Waals surface area contributed by atoms with E-state index in [4.69, 9.17) is 0 Å². The molecular weight excluding hydrogens is 206 g/mol. The van der Waals surface area contributed by atoms with Gasteiger partial charge in [0.25, 0.3) is 5.91 Å². The maximum absolute atomic E-state index is 11.6. The molecule has 2 aromatic heterocycles. The van der Waals surface area contributed by atoms with E-state index in [-0.39, 0.29) is 5.91 Å². The summed E-state index contributed by atoms with van der Waals surface area (Å²) in [5.41, 5.74) is 1.78. The molecule has 1 amide bonds. The summed E-state index contributed by atoms with van der Waals surface area (Å²) in [4.78, 5) is 15.6. The van der Waals surface area contributed by atoms with Crippen LogP contribution in [0.3, 0.4) is 0 Å². The van der Waals surface area contributed by atoms with Crippen molar-refractivity contribution in [3.8, 4) is 11.3 Å². The molecule has 0 unspecified atom stereocenters. The fraction of sp³-hybridized carbons (Fsp3) is 0.200. The number of hydrogen-bond acceptors (Lipinski definition) is 4. The third-order valence-corrected chi connectivity index (χ3v) is 2.20. The molecular formula is C10H11N5O. The van der Waals surface area contributed by atoms with E-state index in [0.717, 1.165) is 5.56 Å². The zero-order valence-corrected chi connectivity index (χ0v) is 9.01. The van der Waals surface area contributed by atoms with Gasteiger partial charge in [-0.05, 0) is 12.1 Å². The minimum atomic E-state index is -0.257. The Morgan fingerprint density at radius 1 is 1.50 bits per heavy atom. The Balaban J connectivity index is 2.56. The number of aromatic nitrogens is 4. The fourth-order valence-electron chi connectivity index (χ4n) is 1.45. The summed E-state index contributed by atoms with van der Waals surface area (Å²) in [5, 5.41) is 10.2. The molecule has 0 spiro atoms. The molecule has 0 aliphatic rings. The van der Waals surface area contributed by atoms with E-state index >= 15 is 0 Å². The normalized spacial score (nSPS) is 10.1. The Labute approximate surface area is 92.3 Å². The van der Waals surface area contributed by atoms with Gasteiger partial charge >= 0.3 is 0 Å². The first-order chi connectivity index (χ1) is 7.74. The lowest BCUT2D eigenvalue weighted by Gasteiger charge is -2.02. The number of aryl methyl sites for hydroxylation is 1. The summed E-state index contributed by atoms with van der Waals surface area (Å²) in [6.07, 6.45) is 3.35. The van der Waals surface area contributed by atoms with Gasteiger partial charge < -0.3 is 5.32 Å². The number of nitrogens with zero attached hydrogens (tertiary/aromatic N) is 4. The van der Waals surface area contributed by atoms with Gasteiger partial charge in [-0.1, -0.05) is 5.21 Å². The van der Waals surface area contributed by atoms with Crippen molar-refractivity contribution < 1.29 is 4.79 Å². The van der Waals surface area contributed by atoms with Crippen LogP contribution in [0.1, 0.15) is 10.5 Å². The number of rotatable bonds is 2. The van der Waals surface area contributed by atoms with Crippen LogP contribution in [0.15, 0.2) is 24.5 Å². The second-order valence-corrected chi connectivity index (χ2v) is 3.23. The lowest BCUT2D eigenvalue weighted by atomic mass is 10.1. The molecule has 0 aromatic carbocycles. The van der Waals surface area contributed by atoms with Gasteiger partial charge in [0.15, 0.2) is 5.69 Å². The quantitative estimate of drug-likeness (QED) is 0.781. The van der Waals surface area contributed by atoms with Crippen molar-refractivity contribution in [2.45, 2.75) is 0 Å². The first-order valence-corrected chi connectivity index (χ1v) is 4.76. The molecule has 0 atom stereocenters. The molecule has 0 bridgehead atoms. The van der Waals surface area contributed by atoms with Gasteiger partial charge in [0, 0.05) is 32.1 Å². The van der Waals surface area contributed by atoms with E-state index in [0.29, 0.717) is 11.4 Å². The average Bonchev–Trinajstić information content (AvgIpc) is 2.71. The van der Waals surface area contributed by atoms with Crippen molar-refractivity contribution in [2.75, 3.05) is 7.05 Å². The molecule has 82 valence electrons. The maximum Gasteiger partial charge on any atom is 0.273 e. The van der Waals surface area contributed by atoms with E-state index in [1.54, 1.807) is 37.2 Å². The third kappa shape index (κ3) is 1.65. The van der Waals surface area contributed by atoms with Gasteiger partial charge in [-0.15, -0.1) is 5.10 Å². The molecule has 0 radical (unpaired) electrons. The summed E-state index contributed by atoms with van der Waals surface area (Å²) < 4.78 is 1.56. The summed E-state index contributed by atoms with van der Waals surface area (Å²) >= 11 is 0. The van der Waals surface area contributed by atoms with Crippen LogP contribution in [0.2, 0.25) is 0 Å². The molecule has 2 heterocycles. The number of pyridine rings is 1. The second kappa shape index (κ2) is 4.09. The molecule has 6 nitrogen and oxygen atoms in total. The molecule has 0 saturated carbocycles. The molecule has 1 N–H and O–H groups in total. The van der Waals surface area contributed by atoms with Gasteiger partial charge in [-0.25, -0.2) is 4.68 Å². The van der Waals surface area contributed by atoms with Crippen LogP contribution >= 0.6 is 0 Å². The van der Waals surface area contributed by atoms with Crippen molar-refractivity contribution >= 4 is 5.91 Å².